The number of aryl methyl sites for hydroxylation is 2. The molecule has 0 atom stereocenters. The van der Waals surface area contributed by atoms with E-state index in [9.17, 15) is 0 Å². The molecule has 1 aromatic heterocycles. The number of aromatic nitrogens is 2. The number of rotatable bonds is 0. The third-order valence-electron chi connectivity index (χ3n) is 0.771. The first-order chi connectivity index (χ1) is 3.79. The summed E-state index contributed by atoms with van der Waals surface area (Å²) in [6.45, 7) is 3.67. The van der Waals surface area contributed by atoms with Crippen LogP contribution in [0.15, 0.2) is 0 Å². The Morgan fingerprint density at radius 3 is 1.70 bits per heavy atom. The molecular weight excluding hydrogens is 178 g/mol. The van der Waals surface area contributed by atoms with Gasteiger partial charge in [0.05, 0.1) is 0 Å². The molecule has 0 N–H and O–H groups in total. The summed E-state index contributed by atoms with van der Waals surface area (Å²) < 4.78 is 0. The average molecular weight is 184 g/mol. The Hall–Kier alpha value is 2.35. The van der Waals surface area contributed by atoms with Gasteiger partial charge in [0, 0.05) is 0 Å². The fourth-order valence-corrected chi connectivity index (χ4v) is 0.380. The van der Waals surface area contributed by atoms with Crippen molar-refractivity contribution in [3.05, 3.63) is 23.8 Å². The molecule has 0 radical (unpaired) electrons. The van der Waals surface area contributed by atoms with E-state index in [2.05, 4.69) is 22.4 Å². The summed E-state index contributed by atoms with van der Waals surface area (Å²) in [5.74, 6) is 0.718. The van der Waals surface area contributed by atoms with Crippen molar-refractivity contribution in [2.75, 3.05) is 0 Å². The summed E-state index contributed by atoms with van der Waals surface area (Å²) >= 11 is 0. The number of hydrogen-bond donors (Lipinski definition) is 0. The van der Waals surface area contributed by atoms with Gasteiger partial charge < -0.3 is 9.97 Å². The molecule has 0 unspecified atom stereocenters. The zero-order valence-electron chi connectivity index (χ0n) is 6.89. The maximum Gasteiger partial charge on any atom is 1.00 e. The molecule has 42 valence electrons. The molecule has 0 aromatic carbocycles. The van der Waals surface area contributed by atoms with Crippen molar-refractivity contribution in [3.8, 4) is 0 Å². The summed E-state index contributed by atoms with van der Waals surface area (Å²) in [6.07, 6.45) is 5.46. The second-order valence-electron chi connectivity index (χ2n) is 1.62. The summed E-state index contributed by atoms with van der Waals surface area (Å²) in [7, 11) is 0. The monoisotopic (exact) mass is 184 g/mol. The number of hydrogen-bond acceptors (Lipinski definition) is 2. The van der Waals surface area contributed by atoms with E-state index in [0.29, 0.717) is 0 Å². The molecule has 2 nitrogen and oxygen atoms in total. The van der Waals surface area contributed by atoms with Gasteiger partial charge in [0.1, 0.15) is 0 Å². The molecule has 10 heavy (non-hydrogen) atoms. The maximum absolute atomic E-state index is 3.81. The zero-order chi connectivity index (χ0) is 5.98. The normalized spacial score (nSPS) is 7.40. The van der Waals surface area contributed by atoms with Gasteiger partial charge in [-0.1, -0.05) is 13.8 Å². The van der Waals surface area contributed by atoms with Crippen molar-refractivity contribution in [1.82, 2.24) is 9.97 Å². The van der Waals surface area contributed by atoms with E-state index in [1.807, 2.05) is 13.8 Å². The predicted octanol–water partition coefficient (Wildman–Crippen LogP) is -5.30. The van der Waals surface area contributed by atoms with Crippen molar-refractivity contribution < 1.29 is 103 Å². The minimum Gasteiger partial charge on any atom is -0.509 e. The van der Waals surface area contributed by atoms with Crippen molar-refractivity contribution >= 4 is 0 Å². The molecule has 0 fully saturated rings. The third-order valence-corrected chi connectivity index (χ3v) is 0.771. The Labute approximate surface area is 146 Å². The van der Waals surface area contributed by atoms with E-state index < -0.39 is 0 Å². The van der Waals surface area contributed by atoms with Gasteiger partial charge in [0.2, 0.25) is 0 Å². The first-order valence-electron chi connectivity index (χ1n) is 2.39. The Balaban J connectivity index is 0. The van der Waals surface area contributed by atoms with Crippen molar-refractivity contribution in [3.63, 3.8) is 0 Å². The van der Waals surface area contributed by atoms with Gasteiger partial charge in [-0.2, -0.15) is 0 Å². The van der Waals surface area contributed by atoms with E-state index in [-0.39, 0.29) is 103 Å². The smallest absolute Gasteiger partial charge is 0.509 e. The quantitative estimate of drug-likeness (QED) is 0.297. The standard InChI is InChI=1S/C6H6N2.2K/c1-5-3-7-6(2)8-4-5;;/h1-2H3;;/q-2;2*+1. The van der Waals surface area contributed by atoms with Crippen LogP contribution in [-0.4, -0.2) is 9.97 Å². The Morgan fingerprint density at radius 1 is 1.00 bits per heavy atom. The summed E-state index contributed by atoms with van der Waals surface area (Å²) in [5.41, 5.74) is 0.857. The van der Waals surface area contributed by atoms with Gasteiger partial charge in [0.15, 0.2) is 0 Å². The van der Waals surface area contributed by atoms with E-state index >= 15 is 0 Å². The SMILES string of the molecule is Cc1[c-]nc(C)n[c-]1.[K+].[K+]. The van der Waals surface area contributed by atoms with Crippen molar-refractivity contribution in [1.29, 1.82) is 0 Å². The van der Waals surface area contributed by atoms with Gasteiger partial charge in [-0.15, -0.1) is 5.82 Å². The molecule has 1 heterocycles. The Bertz CT molecular complexity index is 153. The second-order valence-corrected chi connectivity index (χ2v) is 1.62. The molecule has 0 saturated heterocycles. The second kappa shape index (κ2) is 7.97. The third kappa shape index (κ3) is 5.93. The van der Waals surface area contributed by atoms with Gasteiger partial charge in [-0.25, -0.2) is 0 Å². The first kappa shape index (κ1) is 14.9. The van der Waals surface area contributed by atoms with Gasteiger partial charge in [-0.05, 0) is 0 Å². The molecule has 0 spiro atoms. The molecule has 0 aliphatic heterocycles. The summed E-state index contributed by atoms with van der Waals surface area (Å²) in [4.78, 5) is 7.62. The average Bonchev–Trinajstić information content (AvgIpc) is 1.77. The van der Waals surface area contributed by atoms with Crippen LogP contribution in [0, 0.1) is 26.2 Å². The molecule has 0 aliphatic rings. The molecule has 4 heteroatoms. The van der Waals surface area contributed by atoms with Gasteiger partial charge >= 0.3 is 103 Å². The Kier molecular flexibility index (Phi) is 11.8. The molecule has 1 rings (SSSR count). The van der Waals surface area contributed by atoms with Crippen molar-refractivity contribution in [2.45, 2.75) is 13.8 Å². The topological polar surface area (TPSA) is 25.8 Å². The largest absolute Gasteiger partial charge is 1.00 e. The molecule has 0 bridgehead atoms. The van der Waals surface area contributed by atoms with Crippen molar-refractivity contribution in [2.24, 2.45) is 0 Å². The van der Waals surface area contributed by atoms with Crippen LogP contribution in [0.1, 0.15) is 11.4 Å². The van der Waals surface area contributed by atoms with Gasteiger partial charge in [-0.3, -0.25) is 18.0 Å². The van der Waals surface area contributed by atoms with Crippen LogP contribution in [0.25, 0.3) is 0 Å². The molecule has 0 saturated carbocycles. The fourth-order valence-electron chi connectivity index (χ4n) is 0.380. The molecule has 1 aromatic rings. The van der Waals surface area contributed by atoms with Crippen LogP contribution in [0.5, 0.6) is 0 Å². The van der Waals surface area contributed by atoms with Crippen LogP contribution >= 0.6 is 0 Å². The summed E-state index contributed by atoms with van der Waals surface area (Å²) in [5, 5.41) is 0. The fraction of sp³-hybridized carbons (Fsp3) is 0.333. The summed E-state index contributed by atoms with van der Waals surface area (Å²) in [6, 6.07) is 0. The van der Waals surface area contributed by atoms with Crippen LogP contribution in [0.3, 0.4) is 0 Å². The Morgan fingerprint density at radius 2 is 1.40 bits per heavy atom. The van der Waals surface area contributed by atoms with E-state index in [4.69, 9.17) is 0 Å². The van der Waals surface area contributed by atoms with Crippen LogP contribution in [-0.2, 0) is 0 Å². The molecule has 0 amide bonds. The molecule has 0 aliphatic carbocycles. The van der Waals surface area contributed by atoms with Crippen LogP contribution in [0.4, 0.5) is 0 Å². The predicted molar refractivity (Wildman–Crippen MR) is 29.2 cm³/mol. The maximum atomic E-state index is 3.81. The number of nitrogens with zero attached hydrogens (tertiary/aromatic N) is 2. The van der Waals surface area contributed by atoms with Crippen LogP contribution in [0.2, 0.25) is 0 Å². The molecular formula is C6H6K2N2. The zero-order valence-corrected chi connectivity index (χ0v) is 13.1. The van der Waals surface area contributed by atoms with Gasteiger partial charge in [0.25, 0.3) is 0 Å². The minimum atomic E-state index is 0. The van der Waals surface area contributed by atoms with E-state index in [0.717, 1.165) is 11.4 Å². The minimum absolute atomic E-state index is 0. The van der Waals surface area contributed by atoms with Crippen LogP contribution < -0.4 is 103 Å². The first-order valence-corrected chi connectivity index (χ1v) is 2.39. The van der Waals surface area contributed by atoms with E-state index in [1.54, 1.807) is 0 Å². The van der Waals surface area contributed by atoms with E-state index in [1.165, 1.54) is 0 Å².